The number of aromatic nitrogens is 2. The molecule has 2 aromatic heterocycles. The molecule has 0 saturated carbocycles. The Balaban J connectivity index is 1.66. The van der Waals surface area contributed by atoms with E-state index in [4.69, 9.17) is 16.6 Å². The summed E-state index contributed by atoms with van der Waals surface area (Å²) in [6, 6.07) is 19.8. The summed E-state index contributed by atoms with van der Waals surface area (Å²) < 4.78 is 2.05. The summed E-state index contributed by atoms with van der Waals surface area (Å²) in [4.78, 5) is 9.31. The summed E-state index contributed by atoms with van der Waals surface area (Å²) >= 11 is 5.91. The number of pyridine rings is 1. The highest BCUT2D eigenvalue weighted by Crippen LogP contribution is 2.24. The number of nitrogens with zero attached hydrogens (tertiary/aromatic N) is 3. The van der Waals surface area contributed by atoms with Crippen molar-refractivity contribution in [3.63, 3.8) is 0 Å². The van der Waals surface area contributed by atoms with Crippen molar-refractivity contribution in [1.82, 2.24) is 9.38 Å². The Hall–Kier alpha value is -2.91. The summed E-state index contributed by atoms with van der Waals surface area (Å²) in [5, 5.41) is 0.723. The van der Waals surface area contributed by atoms with Crippen molar-refractivity contribution < 1.29 is 0 Å². The molecule has 0 radical (unpaired) electrons. The van der Waals surface area contributed by atoms with Gasteiger partial charge >= 0.3 is 0 Å². The number of benzene rings is 2. The van der Waals surface area contributed by atoms with Crippen molar-refractivity contribution in [1.29, 1.82) is 0 Å². The summed E-state index contributed by atoms with van der Waals surface area (Å²) in [6.45, 7) is 2.07. The molecule has 25 heavy (non-hydrogen) atoms. The van der Waals surface area contributed by atoms with Gasteiger partial charge in [0, 0.05) is 29.2 Å². The maximum Gasteiger partial charge on any atom is 0.140 e. The van der Waals surface area contributed by atoms with Crippen LogP contribution in [0.1, 0.15) is 11.1 Å². The average Bonchev–Trinajstić information content (AvgIpc) is 3.07. The zero-order valence-corrected chi connectivity index (χ0v) is 14.5. The normalized spacial score (nSPS) is 11.4. The van der Waals surface area contributed by atoms with Crippen LogP contribution in [0.25, 0.3) is 16.9 Å². The van der Waals surface area contributed by atoms with E-state index in [1.807, 2.05) is 71.5 Å². The van der Waals surface area contributed by atoms with E-state index < -0.39 is 0 Å². The minimum atomic E-state index is 0.723. The quantitative estimate of drug-likeness (QED) is 0.437. The fourth-order valence-corrected chi connectivity index (χ4v) is 2.86. The Labute approximate surface area is 151 Å². The van der Waals surface area contributed by atoms with Crippen LogP contribution in [0.5, 0.6) is 0 Å². The van der Waals surface area contributed by atoms with Crippen LogP contribution in [0.15, 0.2) is 78.0 Å². The van der Waals surface area contributed by atoms with E-state index in [-0.39, 0.29) is 0 Å². The largest absolute Gasteiger partial charge is 0.306 e. The van der Waals surface area contributed by atoms with E-state index in [0.29, 0.717) is 0 Å². The first-order chi connectivity index (χ1) is 12.2. The number of hydrogen-bond donors (Lipinski definition) is 0. The Morgan fingerprint density at radius 3 is 2.68 bits per heavy atom. The lowest BCUT2D eigenvalue weighted by molar-refractivity contribution is 1.16. The fourth-order valence-electron chi connectivity index (χ4n) is 2.74. The number of aliphatic imine (C=N–C) groups is 1. The number of rotatable bonds is 3. The van der Waals surface area contributed by atoms with Gasteiger partial charge in [-0.1, -0.05) is 41.9 Å². The number of imidazole rings is 1. The average molecular weight is 346 g/mol. The minimum Gasteiger partial charge on any atom is -0.306 e. The number of fused-ring (bicyclic) bond motifs is 1. The molecule has 0 aliphatic heterocycles. The molecule has 2 aromatic carbocycles. The van der Waals surface area contributed by atoms with Crippen molar-refractivity contribution in [2.45, 2.75) is 6.92 Å². The van der Waals surface area contributed by atoms with Crippen LogP contribution >= 0.6 is 11.6 Å². The van der Waals surface area contributed by atoms with Gasteiger partial charge in [0.05, 0.1) is 11.4 Å². The molecule has 0 fully saturated rings. The van der Waals surface area contributed by atoms with Gasteiger partial charge in [-0.25, -0.2) is 4.98 Å². The molecule has 2 heterocycles. The van der Waals surface area contributed by atoms with Crippen LogP contribution in [0.3, 0.4) is 0 Å². The van der Waals surface area contributed by atoms with Crippen molar-refractivity contribution in [3.8, 4) is 11.3 Å². The van der Waals surface area contributed by atoms with Crippen molar-refractivity contribution in [2.24, 2.45) is 4.99 Å². The lowest BCUT2D eigenvalue weighted by Gasteiger charge is -1.99. The Morgan fingerprint density at radius 1 is 1.04 bits per heavy atom. The van der Waals surface area contributed by atoms with Crippen LogP contribution in [0.4, 0.5) is 5.69 Å². The van der Waals surface area contributed by atoms with Gasteiger partial charge < -0.3 is 4.40 Å². The van der Waals surface area contributed by atoms with Crippen LogP contribution in [0.2, 0.25) is 5.02 Å². The van der Waals surface area contributed by atoms with Crippen molar-refractivity contribution >= 4 is 29.2 Å². The third-order valence-electron chi connectivity index (χ3n) is 4.05. The third-order valence-corrected chi connectivity index (χ3v) is 4.30. The third kappa shape index (κ3) is 3.32. The van der Waals surface area contributed by atoms with Gasteiger partial charge in [-0.2, -0.15) is 0 Å². The molecule has 0 bridgehead atoms. The van der Waals surface area contributed by atoms with E-state index >= 15 is 0 Å². The Morgan fingerprint density at radius 2 is 1.88 bits per heavy atom. The van der Waals surface area contributed by atoms with Crippen LogP contribution in [-0.2, 0) is 0 Å². The van der Waals surface area contributed by atoms with Gasteiger partial charge in [0.2, 0.25) is 0 Å². The standard InChI is InChI=1S/C21H16ClN3/c1-15-4-3-11-25-14-20(24-21(15)25)17-5-2-6-19(12-17)23-13-16-7-9-18(22)10-8-16/h2-14H,1H3. The fraction of sp³-hybridized carbons (Fsp3) is 0.0476. The first-order valence-corrected chi connectivity index (χ1v) is 8.41. The highest BCUT2D eigenvalue weighted by Gasteiger charge is 2.06. The molecule has 0 aliphatic rings. The van der Waals surface area contributed by atoms with Gasteiger partial charge in [-0.3, -0.25) is 4.99 Å². The molecule has 4 heteroatoms. The monoisotopic (exact) mass is 345 g/mol. The predicted octanol–water partition coefficient (Wildman–Crippen LogP) is 5.71. The highest BCUT2D eigenvalue weighted by molar-refractivity contribution is 6.30. The van der Waals surface area contributed by atoms with Crippen LogP contribution < -0.4 is 0 Å². The molecule has 4 rings (SSSR count). The maximum atomic E-state index is 5.91. The molecular formula is C21H16ClN3. The number of halogens is 1. The van der Waals surface area contributed by atoms with Crippen LogP contribution in [0, 0.1) is 6.92 Å². The van der Waals surface area contributed by atoms with E-state index in [9.17, 15) is 0 Å². The minimum absolute atomic E-state index is 0.723. The van der Waals surface area contributed by atoms with Crippen LogP contribution in [-0.4, -0.2) is 15.6 Å². The second kappa shape index (κ2) is 6.54. The molecular weight excluding hydrogens is 330 g/mol. The first kappa shape index (κ1) is 15.6. The summed E-state index contributed by atoms with van der Waals surface area (Å²) in [5.74, 6) is 0. The molecule has 0 saturated heterocycles. The summed E-state index contributed by atoms with van der Waals surface area (Å²) in [5.41, 5.74) is 6.03. The second-order valence-corrected chi connectivity index (χ2v) is 6.34. The van der Waals surface area contributed by atoms with Crippen molar-refractivity contribution in [2.75, 3.05) is 0 Å². The topological polar surface area (TPSA) is 29.7 Å². The smallest absolute Gasteiger partial charge is 0.140 e. The number of hydrogen-bond acceptors (Lipinski definition) is 2. The molecule has 0 spiro atoms. The molecule has 0 amide bonds. The second-order valence-electron chi connectivity index (χ2n) is 5.91. The molecule has 0 atom stereocenters. The molecule has 0 aliphatic carbocycles. The van der Waals surface area contributed by atoms with Crippen molar-refractivity contribution in [3.05, 3.63) is 89.2 Å². The van der Waals surface area contributed by atoms with Gasteiger partial charge in [0.1, 0.15) is 5.65 Å². The Bertz CT molecular complexity index is 1060. The van der Waals surface area contributed by atoms with E-state index in [0.717, 1.165) is 38.7 Å². The van der Waals surface area contributed by atoms with E-state index in [1.54, 1.807) is 0 Å². The molecule has 0 N–H and O–H groups in total. The summed E-state index contributed by atoms with van der Waals surface area (Å²) in [7, 11) is 0. The van der Waals surface area contributed by atoms with Gasteiger partial charge in [-0.05, 0) is 48.4 Å². The first-order valence-electron chi connectivity index (χ1n) is 8.03. The zero-order chi connectivity index (χ0) is 17.2. The van der Waals surface area contributed by atoms with Gasteiger partial charge in [0.25, 0.3) is 0 Å². The number of aryl methyl sites for hydroxylation is 1. The molecule has 3 nitrogen and oxygen atoms in total. The lowest BCUT2D eigenvalue weighted by Crippen LogP contribution is -1.83. The van der Waals surface area contributed by atoms with E-state index in [1.165, 1.54) is 0 Å². The lowest BCUT2D eigenvalue weighted by atomic mass is 10.1. The SMILES string of the molecule is Cc1cccn2cc(-c3cccc(N=Cc4ccc(Cl)cc4)c3)nc12. The van der Waals surface area contributed by atoms with E-state index in [2.05, 4.69) is 24.0 Å². The van der Waals surface area contributed by atoms with Gasteiger partial charge in [-0.15, -0.1) is 0 Å². The highest BCUT2D eigenvalue weighted by atomic mass is 35.5. The zero-order valence-electron chi connectivity index (χ0n) is 13.7. The molecule has 4 aromatic rings. The van der Waals surface area contributed by atoms with Gasteiger partial charge in [0.15, 0.2) is 0 Å². The molecule has 122 valence electrons. The molecule has 0 unspecified atom stereocenters. The maximum absolute atomic E-state index is 5.91. The predicted molar refractivity (Wildman–Crippen MR) is 104 cm³/mol. The Kier molecular flexibility index (Phi) is 4.08. The summed E-state index contributed by atoms with van der Waals surface area (Å²) in [6.07, 6.45) is 5.90.